The molecule has 332 valence electrons. The van der Waals surface area contributed by atoms with Gasteiger partial charge in [-0.1, -0.05) is 146 Å². The number of nitrogens with one attached hydrogen (secondary N) is 1. The van der Waals surface area contributed by atoms with Crippen LogP contribution in [0.25, 0.3) is 56.2 Å². The quantitative estimate of drug-likeness (QED) is 0.167. The van der Waals surface area contributed by atoms with Crippen molar-refractivity contribution in [2.75, 3.05) is 5.32 Å². The highest BCUT2D eigenvalue weighted by atomic mass is 16.3. The van der Waals surface area contributed by atoms with Crippen molar-refractivity contribution < 1.29 is 5.11 Å². The first-order valence-corrected chi connectivity index (χ1v) is 22.7. The second kappa shape index (κ2) is 16.5. The van der Waals surface area contributed by atoms with E-state index in [4.69, 9.17) is 15.0 Å². The fourth-order valence-electron chi connectivity index (χ4n) is 7.95. The molecule has 5 aromatic carbocycles. The lowest BCUT2D eigenvalue weighted by Crippen LogP contribution is -2.17. The predicted octanol–water partition coefficient (Wildman–Crippen LogP) is 15.5. The van der Waals surface area contributed by atoms with Gasteiger partial charge >= 0.3 is 0 Å². The summed E-state index contributed by atoms with van der Waals surface area (Å²) in [5.41, 5.74) is 15.3. The van der Waals surface area contributed by atoms with Gasteiger partial charge in [-0.3, -0.25) is 4.57 Å². The molecule has 64 heavy (non-hydrogen) atoms. The summed E-state index contributed by atoms with van der Waals surface area (Å²) in [6.45, 7) is 35.9. The van der Waals surface area contributed by atoms with Gasteiger partial charge in [0.25, 0.3) is 0 Å². The number of hydrogen-bond donors (Lipinski definition) is 2. The number of fused-ring (bicyclic) bond motifs is 1. The number of anilines is 1. The third-order valence-corrected chi connectivity index (χ3v) is 12.3. The molecule has 0 unspecified atom stereocenters. The molecular weight excluding hydrogens is 783 g/mol. The van der Waals surface area contributed by atoms with Crippen molar-refractivity contribution in [3.8, 4) is 45.3 Å². The van der Waals surface area contributed by atoms with E-state index in [1.165, 1.54) is 27.8 Å². The number of nitrogens with zero attached hydrogens (tertiary/aromatic N) is 4. The van der Waals surface area contributed by atoms with Crippen molar-refractivity contribution in [2.24, 2.45) is 0 Å². The summed E-state index contributed by atoms with van der Waals surface area (Å²) >= 11 is 0. The van der Waals surface area contributed by atoms with Gasteiger partial charge in [-0.15, -0.1) is 0 Å². The van der Waals surface area contributed by atoms with E-state index in [1.807, 2.05) is 30.5 Å². The molecule has 2 N–H and O–H groups in total. The molecule has 7 aromatic rings. The van der Waals surface area contributed by atoms with Gasteiger partial charge < -0.3 is 10.4 Å². The van der Waals surface area contributed by atoms with Crippen LogP contribution in [-0.2, 0) is 27.1 Å². The number of hydrogen-bond acceptors (Lipinski definition) is 5. The van der Waals surface area contributed by atoms with E-state index in [9.17, 15) is 5.11 Å². The van der Waals surface area contributed by atoms with E-state index in [0.717, 1.165) is 50.4 Å². The van der Waals surface area contributed by atoms with Gasteiger partial charge in [0.15, 0.2) is 5.82 Å². The number of phenolic OH excluding ortho intramolecular Hbond substituents is 1. The van der Waals surface area contributed by atoms with Crippen molar-refractivity contribution in [3.05, 3.63) is 149 Å². The summed E-state index contributed by atoms with van der Waals surface area (Å²) in [5, 5.41) is 15.0. The highest BCUT2D eigenvalue weighted by Gasteiger charge is 2.26. The first kappa shape index (κ1) is 46.0. The number of allylic oxidation sites excluding steroid dienone is 1. The summed E-state index contributed by atoms with van der Waals surface area (Å²) in [6.07, 6.45) is 3.91. The Morgan fingerprint density at radius 2 is 1.06 bits per heavy atom. The molecule has 0 aliphatic heterocycles. The van der Waals surface area contributed by atoms with Crippen LogP contribution in [0.3, 0.4) is 0 Å². The van der Waals surface area contributed by atoms with E-state index in [-0.39, 0.29) is 32.8 Å². The standard InChI is InChI=1S/C58H69N5O/c1-36(35-60-44-31-40(55(5,6)7)29-41(32-44)56(8,9)10)48-24-25-59-52(61-48)38-26-37(27-39(28-38)54(2,3)4)46-21-19-22-49-51(46)62-53(47-20-17-18-23-50(47)64)63(49)45-33-42(57(11,12)13)30-43(34-45)58(14,15)16/h17-35,60,64H,1-16H3/b36-35-. The maximum atomic E-state index is 11.4. The smallest absolute Gasteiger partial charge is 0.159 e. The molecule has 0 radical (unpaired) electrons. The third-order valence-electron chi connectivity index (χ3n) is 12.3. The number of aromatic hydroxyl groups is 1. The Kier molecular flexibility index (Phi) is 11.9. The maximum absolute atomic E-state index is 11.4. The normalized spacial score (nSPS) is 13.2. The lowest BCUT2D eigenvalue weighted by Gasteiger charge is -2.27. The number of imidazole rings is 1. The Balaban J connectivity index is 1.38. The second-order valence-corrected chi connectivity index (χ2v) is 22.8. The Bertz CT molecular complexity index is 2830. The average molecular weight is 852 g/mol. The van der Waals surface area contributed by atoms with Crippen LogP contribution in [-0.4, -0.2) is 24.6 Å². The molecule has 0 saturated carbocycles. The molecule has 0 amide bonds. The predicted molar refractivity (Wildman–Crippen MR) is 272 cm³/mol. The van der Waals surface area contributed by atoms with Crippen molar-refractivity contribution in [3.63, 3.8) is 0 Å². The number of aromatic nitrogens is 4. The summed E-state index contributed by atoms with van der Waals surface area (Å²) in [7, 11) is 0. The molecular formula is C58H69N5O. The Hall–Kier alpha value is -6.01. The number of para-hydroxylation sites is 2. The molecule has 0 saturated heterocycles. The fraction of sp³-hybridized carbons (Fsp3) is 0.362. The van der Waals surface area contributed by atoms with Gasteiger partial charge in [0.2, 0.25) is 0 Å². The summed E-state index contributed by atoms with van der Waals surface area (Å²) in [4.78, 5) is 15.5. The lowest BCUT2D eigenvalue weighted by atomic mass is 9.80. The zero-order chi connectivity index (χ0) is 46.7. The first-order valence-electron chi connectivity index (χ1n) is 22.7. The van der Waals surface area contributed by atoms with Crippen molar-refractivity contribution in [1.82, 2.24) is 19.5 Å². The van der Waals surface area contributed by atoms with Crippen LogP contribution in [0.1, 0.15) is 144 Å². The molecule has 7 rings (SSSR count). The summed E-state index contributed by atoms with van der Waals surface area (Å²) in [6, 6.07) is 36.4. The van der Waals surface area contributed by atoms with Crippen LogP contribution in [0, 0.1) is 0 Å². The zero-order valence-electron chi connectivity index (χ0n) is 41.2. The first-order chi connectivity index (χ1) is 29.7. The van der Waals surface area contributed by atoms with Gasteiger partial charge in [-0.2, -0.15) is 0 Å². The molecule has 0 spiro atoms. The second-order valence-electron chi connectivity index (χ2n) is 22.8. The van der Waals surface area contributed by atoms with Gasteiger partial charge in [0.05, 0.1) is 22.3 Å². The number of rotatable bonds is 7. The minimum absolute atomic E-state index is 0.0192. The minimum Gasteiger partial charge on any atom is -0.507 e. The largest absolute Gasteiger partial charge is 0.507 e. The fourth-order valence-corrected chi connectivity index (χ4v) is 7.95. The monoisotopic (exact) mass is 852 g/mol. The number of phenols is 1. The zero-order valence-corrected chi connectivity index (χ0v) is 41.2. The third kappa shape index (κ3) is 9.72. The van der Waals surface area contributed by atoms with E-state index in [0.29, 0.717) is 17.2 Å². The lowest BCUT2D eigenvalue weighted by molar-refractivity contribution is 0.477. The molecule has 6 heteroatoms. The van der Waals surface area contributed by atoms with Crippen LogP contribution in [0.5, 0.6) is 5.75 Å². The molecule has 0 bridgehead atoms. The molecule has 2 heterocycles. The van der Waals surface area contributed by atoms with Crippen LogP contribution in [0.4, 0.5) is 5.69 Å². The van der Waals surface area contributed by atoms with E-state index >= 15 is 0 Å². The SMILES string of the molecule is C/C(=C/Nc1cc(C(C)(C)C)cc(C(C)(C)C)c1)c1ccnc(-c2cc(-c3cccc4c3nc(-c3ccccc3O)n4-c3cc(C(C)(C)C)cc(C(C)(C)C)c3)cc(C(C)(C)C)c2)n1. The van der Waals surface area contributed by atoms with Crippen molar-refractivity contribution in [2.45, 2.75) is 138 Å². The molecule has 0 fully saturated rings. The average Bonchev–Trinajstić information content (AvgIpc) is 3.60. The minimum atomic E-state index is -0.166. The Labute approximate surface area is 383 Å². The maximum Gasteiger partial charge on any atom is 0.159 e. The van der Waals surface area contributed by atoms with E-state index in [1.54, 1.807) is 6.07 Å². The van der Waals surface area contributed by atoms with Crippen LogP contribution < -0.4 is 5.32 Å². The highest BCUT2D eigenvalue weighted by Crippen LogP contribution is 2.41. The van der Waals surface area contributed by atoms with Crippen molar-refractivity contribution in [1.29, 1.82) is 0 Å². The van der Waals surface area contributed by atoms with Gasteiger partial charge in [0, 0.05) is 34.9 Å². The van der Waals surface area contributed by atoms with Crippen LogP contribution in [0.15, 0.2) is 116 Å². The Morgan fingerprint density at radius 3 is 1.62 bits per heavy atom. The topological polar surface area (TPSA) is 75.9 Å². The summed E-state index contributed by atoms with van der Waals surface area (Å²) in [5.74, 6) is 1.53. The molecule has 0 aliphatic carbocycles. The molecule has 0 atom stereocenters. The van der Waals surface area contributed by atoms with Crippen LogP contribution >= 0.6 is 0 Å². The molecule has 0 aliphatic rings. The van der Waals surface area contributed by atoms with Gasteiger partial charge in [-0.25, -0.2) is 15.0 Å². The number of benzene rings is 5. The van der Waals surface area contributed by atoms with Crippen molar-refractivity contribution >= 4 is 22.3 Å². The van der Waals surface area contributed by atoms with Crippen LogP contribution in [0.2, 0.25) is 0 Å². The van der Waals surface area contributed by atoms with E-state index < -0.39 is 0 Å². The molecule has 2 aromatic heterocycles. The van der Waals surface area contributed by atoms with E-state index in [2.05, 4.69) is 200 Å². The summed E-state index contributed by atoms with van der Waals surface area (Å²) < 4.78 is 2.23. The van der Waals surface area contributed by atoms with Gasteiger partial charge in [0.1, 0.15) is 11.6 Å². The molecule has 6 nitrogen and oxygen atoms in total. The van der Waals surface area contributed by atoms with Gasteiger partial charge in [-0.05, 0) is 134 Å². The highest BCUT2D eigenvalue weighted by molar-refractivity contribution is 5.96. The Morgan fingerprint density at radius 1 is 0.547 bits per heavy atom.